The molecule has 2 heterocycles. The van der Waals surface area contributed by atoms with Gasteiger partial charge in [-0.15, -0.1) is 0 Å². The molecule has 0 fully saturated rings. The van der Waals surface area contributed by atoms with Crippen LogP contribution in [0.15, 0.2) is 205 Å². The van der Waals surface area contributed by atoms with Crippen molar-refractivity contribution in [2.24, 2.45) is 0 Å². The summed E-state index contributed by atoms with van der Waals surface area (Å²) in [5.41, 5.74) is 13.6. The third kappa shape index (κ3) is 6.26. The van der Waals surface area contributed by atoms with E-state index in [4.69, 9.17) is 19.4 Å². The highest BCUT2D eigenvalue weighted by Gasteiger charge is 2.17. The normalized spacial score (nSPS) is 11.3. The zero-order valence-corrected chi connectivity index (χ0v) is 29.8. The predicted octanol–water partition coefficient (Wildman–Crippen LogP) is 13.4. The Balaban J connectivity index is 1.04. The van der Waals surface area contributed by atoms with Crippen LogP contribution in [0.5, 0.6) is 0 Å². The van der Waals surface area contributed by atoms with E-state index < -0.39 is 0 Å². The van der Waals surface area contributed by atoms with Crippen LogP contribution in [0.4, 0.5) is 0 Å². The minimum Gasteiger partial charge on any atom is -0.456 e. The van der Waals surface area contributed by atoms with Gasteiger partial charge >= 0.3 is 0 Å². The Bertz CT molecular complexity index is 2950. The first-order valence-corrected chi connectivity index (χ1v) is 18.4. The van der Waals surface area contributed by atoms with Crippen molar-refractivity contribution >= 4 is 21.9 Å². The molecule has 8 aromatic carbocycles. The summed E-state index contributed by atoms with van der Waals surface area (Å²) in [6.45, 7) is 0. The van der Waals surface area contributed by atoms with Gasteiger partial charge in [0.2, 0.25) is 0 Å². The van der Waals surface area contributed by atoms with Crippen molar-refractivity contribution in [1.82, 2.24) is 15.0 Å². The van der Waals surface area contributed by atoms with Gasteiger partial charge in [-0.25, -0.2) is 15.0 Å². The highest BCUT2D eigenvalue weighted by Crippen LogP contribution is 2.39. The summed E-state index contributed by atoms with van der Waals surface area (Å²) in [5, 5.41) is 2.13. The molecule has 55 heavy (non-hydrogen) atoms. The van der Waals surface area contributed by atoms with E-state index in [-0.39, 0.29) is 0 Å². The largest absolute Gasteiger partial charge is 0.456 e. The molecule has 0 radical (unpaired) electrons. The van der Waals surface area contributed by atoms with Gasteiger partial charge in [0.15, 0.2) is 17.5 Å². The van der Waals surface area contributed by atoms with Crippen LogP contribution in [-0.2, 0) is 0 Å². The lowest BCUT2D eigenvalue weighted by atomic mass is 9.96. The fourth-order valence-electron chi connectivity index (χ4n) is 7.37. The molecule has 10 rings (SSSR count). The highest BCUT2D eigenvalue weighted by molar-refractivity contribution is 6.13. The third-order valence-electron chi connectivity index (χ3n) is 10.1. The molecule has 4 nitrogen and oxygen atoms in total. The Morgan fingerprint density at radius 1 is 0.273 bits per heavy atom. The number of rotatable bonds is 7. The molecule has 0 spiro atoms. The lowest BCUT2D eigenvalue weighted by molar-refractivity contribution is 0.669. The second kappa shape index (κ2) is 13.8. The number of hydrogen-bond donors (Lipinski definition) is 0. The van der Waals surface area contributed by atoms with E-state index in [2.05, 4.69) is 152 Å². The van der Waals surface area contributed by atoms with Crippen LogP contribution >= 0.6 is 0 Å². The third-order valence-corrected chi connectivity index (χ3v) is 10.1. The first kappa shape index (κ1) is 32.2. The number of furan rings is 1. The molecule has 0 bridgehead atoms. The van der Waals surface area contributed by atoms with E-state index >= 15 is 0 Å². The van der Waals surface area contributed by atoms with Gasteiger partial charge in [-0.05, 0) is 74.8 Å². The second-order valence-corrected chi connectivity index (χ2v) is 13.6. The first-order chi connectivity index (χ1) is 27.2. The number of nitrogens with zero attached hydrogens (tertiary/aromatic N) is 3. The molecule has 0 N–H and O–H groups in total. The van der Waals surface area contributed by atoms with Crippen LogP contribution in [0.2, 0.25) is 0 Å². The van der Waals surface area contributed by atoms with Crippen molar-refractivity contribution in [3.63, 3.8) is 0 Å². The van der Waals surface area contributed by atoms with Gasteiger partial charge in [0.05, 0.1) is 0 Å². The summed E-state index contributed by atoms with van der Waals surface area (Å²) in [7, 11) is 0. The Morgan fingerprint density at radius 2 is 0.691 bits per heavy atom. The van der Waals surface area contributed by atoms with Crippen LogP contribution < -0.4 is 0 Å². The molecule has 2 aromatic heterocycles. The van der Waals surface area contributed by atoms with Crippen LogP contribution in [0.1, 0.15) is 0 Å². The number of aromatic nitrogens is 3. The molecule has 0 amide bonds. The van der Waals surface area contributed by atoms with Crippen molar-refractivity contribution in [1.29, 1.82) is 0 Å². The van der Waals surface area contributed by atoms with Crippen molar-refractivity contribution in [2.75, 3.05) is 0 Å². The van der Waals surface area contributed by atoms with Crippen LogP contribution in [0.25, 0.3) is 101 Å². The zero-order chi connectivity index (χ0) is 36.6. The quantitative estimate of drug-likeness (QED) is 0.166. The van der Waals surface area contributed by atoms with Crippen LogP contribution in [0.3, 0.4) is 0 Å². The topological polar surface area (TPSA) is 51.8 Å². The predicted molar refractivity (Wildman–Crippen MR) is 225 cm³/mol. The molecule has 0 unspecified atom stereocenters. The standard InChI is InChI=1S/C51H33N3O/c1-4-13-34(14-5-1)39-19-10-20-40(31-39)36-25-27-38(28-26-36)50-52-49(37-17-8-3-9-18-37)53-51(54-50)43-29-30-45-47(33-43)55-46-24-12-23-44(48(45)46)42-22-11-21-41(32-42)35-15-6-2-7-16-35/h1-33H. The molecule has 4 heteroatoms. The number of benzene rings is 8. The molecule has 258 valence electrons. The van der Waals surface area contributed by atoms with Gasteiger partial charge in [-0.1, -0.05) is 170 Å². The van der Waals surface area contributed by atoms with Crippen molar-refractivity contribution in [3.8, 4) is 78.7 Å². The number of hydrogen-bond acceptors (Lipinski definition) is 4. The Labute approximate surface area is 319 Å². The second-order valence-electron chi connectivity index (χ2n) is 13.6. The van der Waals surface area contributed by atoms with Gasteiger partial charge in [0, 0.05) is 27.5 Å². The van der Waals surface area contributed by atoms with E-state index in [9.17, 15) is 0 Å². The fourth-order valence-corrected chi connectivity index (χ4v) is 7.37. The summed E-state index contributed by atoms with van der Waals surface area (Å²) in [6, 6.07) is 69.4. The van der Waals surface area contributed by atoms with Crippen LogP contribution in [-0.4, -0.2) is 15.0 Å². The van der Waals surface area contributed by atoms with Gasteiger partial charge < -0.3 is 4.42 Å². The lowest BCUT2D eigenvalue weighted by Crippen LogP contribution is -2.00. The highest BCUT2D eigenvalue weighted by atomic mass is 16.3. The summed E-state index contributed by atoms with van der Waals surface area (Å²) >= 11 is 0. The van der Waals surface area contributed by atoms with Gasteiger partial charge in [0.25, 0.3) is 0 Å². The first-order valence-electron chi connectivity index (χ1n) is 18.4. The van der Waals surface area contributed by atoms with E-state index in [1.807, 2.05) is 48.5 Å². The molecule has 0 aliphatic rings. The maximum absolute atomic E-state index is 6.54. The molecule has 0 aliphatic carbocycles. The average molecular weight is 704 g/mol. The Kier molecular flexibility index (Phi) is 8.12. The van der Waals surface area contributed by atoms with Gasteiger partial charge in [-0.2, -0.15) is 0 Å². The SMILES string of the molecule is c1ccc(-c2cccc(-c3ccc(-c4nc(-c5ccccc5)nc(-c5ccc6c(c5)oc5cccc(-c7cccc(-c8ccccc8)c7)c56)n4)cc3)c2)cc1. The van der Waals surface area contributed by atoms with Crippen molar-refractivity contribution in [2.45, 2.75) is 0 Å². The average Bonchev–Trinajstić information content (AvgIpc) is 3.66. The maximum Gasteiger partial charge on any atom is 0.164 e. The zero-order valence-electron chi connectivity index (χ0n) is 29.8. The molecule has 0 aliphatic heterocycles. The molecule has 0 saturated carbocycles. The molecular formula is C51H33N3O. The van der Waals surface area contributed by atoms with E-state index in [1.54, 1.807) is 0 Å². The summed E-state index contributed by atoms with van der Waals surface area (Å²) in [6.07, 6.45) is 0. The Hall–Kier alpha value is -7.43. The van der Waals surface area contributed by atoms with Crippen LogP contribution in [0, 0.1) is 0 Å². The van der Waals surface area contributed by atoms with Crippen molar-refractivity contribution in [3.05, 3.63) is 200 Å². The van der Waals surface area contributed by atoms with E-state index in [0.717, 1.165) is 60.9 Å². The number of fused-ring (bicyclic) bond motifs is 3. The lowest BCUT2D eigenvalue weighted by Gasteiger charge is -2.10. The fraction of sp³-hybridized carbons (Fsp3) is 0. The van der Waals surface area contributed by atoms with E-state index in [1.165, 1.54) is 22.3 Å². The van der Waals surface area contributed by atoms with E-state index in [0.29, 0.717) is 17.5 Å². The minimum atomic E-state index is 0.585. The van der Waals surface area contributed by atoms with Gasteiger partial charge in [0.1, 0.15) is 11.2 Å². The molecule has 10 aromatic rings. The summed E-state index contributed by atoms with van der Waals surface area (Å²) in [5.74, 6) is 1.81. The maximum atomic E-state index is 6.54. The Morgan fingerprint density at radius 3 is 1.29 bits per heavy atom. The molecule has 0 atom stereocenters. The summed E-state index contributed by atoms with van der Waals surface area (Å²) in [4.78, 5) is 15.0. The smallest absolute Gasteiger partial charge is 0.164 e. The minimum absolute atomic E-state index is 0.585. The molecule has 0 saturated heterocycles. The molecular weight excluding hydrogens is 671 g/mol. The summed E-state index contributed by atoms with van der Waals surface area (Å²) < 4.78 is 6.54. The van der Waals surface area contributed by atoms with Gasteiger partial charge in [-0.3, -0.25) is 0 Å². The van der Waals surface area contributed by atoms with Crippen molar-refractivity contribution < 1.29 is 4.42 Å². The monoisotopic (exact) mass is 703 g/mol.